The molecule has 1 aliphatic rings. The molecule has 2 aromatic rings. The largest absolute Gasteiger partial charge is 0.489 e. The molecular weight excluding hydrogens is 248 g/mol. The summed E-state index contributed by atoms with van der Waals surface area (Å²) >= 11 is 0. The first-order chi connectivity index (χ1) is 9.72. The molecule has 3 rings (SSSR count). The van der Waals surface area contributed by atoms with E-state index in [4.69, 9.17) is 4.74 Å². The Morgan fingerprint density at radius 3 is 2.40 bits per heavy atom. The van der Waals surface area contributed by atoms with Crippen molar-refractivity contribution < 1.29 is 9.84 Å². The van der Waals surface area contributed by atoms with Crippen LogP contribution in [0.25, 0.3) is 0 Å². The molecule has 0 aliphatic heterocycles. The minimum absolute atomic E-state index is 0.159. The molecule has 2 atom stereocenters. The third-order valence-electron chi connectivity index (χ3n) is 4.39. The quantitative estimate of drug-likeness (QED) is 0.898. The lowest BCUT2D eigenvalue weighted by Gasteiger charge is -2.12. The fraction of sp³-hybridized carbons (Fsp3) is 0.333. The van der Waals surface area contributed by atoms with E-state index >= 15 is 0 Å². The van der Waals surface area contributed by atoms with Gasteiger partial charge in [-0.3, -0.25) is 0 Å². The van der Waals surface area contributed by atoms with Gasteiger partial charge in [0.15, 0.2) is 0 Å². The zero-order valence-electron chi connectivity index (χ0n) is 11.8. The molecule has 1 aliphatic carbocycles. The van der Waals surface area contributed by atoms with Crippen molar-refractivity contribution in [3.63, 3.8) is 0 Å². The van der Waals surface area contributed by atoms with Crippen LogP contribution in [0.4, 0.5) is 0 Å². The highest BCUT2D eigenvalue weighted by Gasteiger charge is 2.50. The fourth-order valence-corrected chi connectivity index (χ4v) is 2.75. The summed E-state index contributed by atoms with van der Waals surface area (Å²) in [5.41, 5.74) is 2.63. The lowest BCUT2D eigenvalue weighted by molar-refractivity contribution is 0.265. The molecule has 1 saturated carbocycles. The average Bonchev–Trinajstić information content (AvgIpc) is 3.19. The van der Waals surface area contributed by atoms with E-state index in [-0.39, 0.29) is 12.0 Å². The molecule has 0 saturated heterocycles. The van der Waals surface area contributed by atoms with E-state index in [1.54, 1.807) is 0 Å². The fourth-order valence-electron chi connectivity index (χ4n) is 2.75. The van der Waals surface area contributed by atoms with Crippen LogP contribution in [0.15, 0.2) is 54.6 Å². The average molecular weight is 268 g/mol. The van der Waals surface area contributed by atoms with Gasteiger partial charge in [0.2, 0.25) is 0 Å². The first-order valence-electron chi connectivity index (χ1n) is 7.10. The van der Waals surface area contributed by atoms with Crippen LogP contribution in [0.5, 0.6) is 5.75 Å². The summed E-state index contributed by atoms with van der Waals surface area (Å²) in [4.78, 5) is 0. The van der Waals surface area contributed by atoms with E-state index in [1.165, 1.54) is 11.1 Å². The van der Waals surface area contributed by atoms with Gasteiger partial charge in [0.05, 0.1) is 0 Å². The van der Waals surface area contributed by atoms with Crippen molar-refractivity contribution in [3.05, 3.63) is 65.7 Å². The van der Waals surface area contributed by atoms with Gasteiger partial charge in [-0.25, -0.2) is 0 Å². The monoisotopic (exact) mass is 268 g/mol. The molecule has 1 N–H and O–H groups in total. The van der Waals surface area contributed by atoms with E-state index in [9.17, 15) is 5.11 Å². The van der Waals surface area contributed by atoms with Crippen LogP contribution in [-0.4, -0.2) is 11.7 Å². The summed E-state index contributed by atoms with van der Waals surface area (Å²) in [6.07, 6.45) is 1.08. The van der Waals surface area contributed by atoms with Crippen molar-refractivity contribution in [1.82, 2.24) is 0 Å². The lowest BCUT2D eigenvalue weighted by Crippen LogP contribution is -2.06. The van der Waals surface area contributed by atoms with Crippen molar-refractivity contribution in [1.29, 1.82) is 0 Å². The van der Waals surface area contributed by atoms with E-state index in [0.717, 1.165) is 12.2 Å². The van der Waals surface area contributed by atoms with Gasteiger partial charge < -0.3 is 9.84 Å². The van der Waals surface area contributed by atoms with E-state index < -0.39 is 0 Å². The van der Waals surface area contributed by atoms with E-state index in [2.05, 4.69) is 31.2 Å². The van der Waals surface area contributed by atoms with Crippen LogP contribution in [0.3, 0.4) is 0 Å². The molecule has 0 radical (unpaired) electrons. The Balaban J connectivity index is 1.62. The number of hydrogen-bond donors (Lipinski definition) is 1. The second-order valence-corrected chi connectivity index (χ2v) is 5.80. The number of hydrogen-bond acceptors (Lipinski definition) is 2. The van der Waals surface area contributed by atoms with Crippen molar-refractivity contribution in [3.8, 4) is 5.75 Å². The highest BCUT2D eigenvalue weighted by Crippen LogP contribution is 2.53. The Bertz CT molecular complexity index is 562. The van der Waals surface area contributed by atoms with Gasteiger partial charge in [0.1, 0.15) is 12.4 Å². The normalized spacial score (nSPS) is 24.4. The number of rotatable bonds is 5. The van der Waals surface area contributed by atoms with E-state index in [1.807, 2.05) is 30.3 Å². The molecule has 0 bridgehead atoms. The summed E-state index contributed by atoms with van der Waals surface area (Å²) in [7, 11) is 0. The van der Waals surface area contributed by atoms with Gasteiger partial charge in [-0.2, -0.15) is 0 Å². The van der Waals surface area contributed by atoms with Crippen molar-refractivity contribution in [2.45, 2.75) is 25.4 Å². The Morgan fingerprint density at radius 1 is 1.10 bits per heavy atom. The van der Waals surface area contributed by atoms with Gasteiger partial charge in [0, 0.05) is 6.61 Å². The number of aliphatic hydroxyl groups excluding tert-OH is 1. The van der Waals surface area contributed by atoms with Gasteiger partial charge in [-0.05, 0) is 41.0 Å². The summed E-state index contributed by atoms with van der Waals surface area (Å²) in [5.74, 6) is 1.31. The Kier molecular flexibility index (Phi) is 3.49. The standard InChI is InChI=1S/C18H20O2/c1-18(11-16(18)12-19)15-7-9-17(10-8-15)20-13-14-5-3-2-4-6-14/h2-10,16,19H,11-13H2,1H3. The topological polar surface area (TPSA) is 29.5 Å². The highest BCUT2D eigenvalue weighted by atomic mass is 16.5. The Morgan fingerprint density at radius 2 is 1.80 bits per heavy atom. The molecule has 0 spiro atoms. The van der Waals surface area contributed by atoms with Crippen molar-refractivity contribution in [2.24, 2.45) is 5.92 Å². The van der Waals surface area contributed by atoms with Crippen LogP contribution in [-0.2, 0) is 12.0 Å². The molecule has 0 amide bonds. The molecule has 0 heterocycles. The minimum atomic E-state index is 0.159. The van der Waals surface area contributed by atoms with Gasteiger partial charge in [0.25, 0.3) is 0 Å². The maximum Gasteiger partial charge on any atom is 0.119 e. The molecule has 2 unspecified atom stereocenters. The smallest absolute Gasteiger partial charge is 0.119 e. The van der Waals surface area contributed by atoms with Crippen molar-refractivity contribution >= 4 is 0 Å². The van der Waals surface area contributed by atoms with E-state index in [0.29, 0.717) is 12.5 Å². The summed E-state index contributed by atoms with van der Waals surface area (Å²) in [5, 5.41) is 9.24. The molecule has 1 fully saturated rings. The molecule has 2 nitrogen and oxygen atoms in total. The third kappa shape index (κ3) is 2.56. The minimum Gasteiger partial charge on any atom is -0.489 e. The SMILES string of the molecule is CC1(c2ccc(OCc3ccccc3)cc2)CC1CO. The molecule has 2 aromatic carbocycles. The van der Waals surface area contributed by atoms with Gasteiger partial charge >= 0.3 is 0 Å². The number of ether oxygens (including phenoxy) is 1. The van der Waals surface area contributed by atoms with Gasteiger partial charge in [-0.1, -0.05) is 49.4 Å². The second kappa shape index (κ2) is 5.29. The zero-order chi connectivity index (χ0) is 14.0. The maximum absolute atomic E-state index is 9.24. The molecular formula is C18H20O2. The molecule has 20 heavy (non-hydrogen) atoms. The van der Waals surface area contributed by atoms with Crippen LogP contribution in [0.1, 0.15) is 24.5 Å². The maximum atomic E-state index is 9.24. The third-order valence-corrected chi connectivity index (χ3v) is 4.39. The Hall–Kier alpha value is -1.80. The lowest BCUT2D eigenvalue weighted by atomic mass is 9.96. The van der Waals surface area contributed by atoms with Gasteiger partial charge in [-0.15, -0.1) is 0 Å². The first kappa shape index (κ1) is 13.2. The second-order valence-electron chi connectivity index (χ2n) is 5.80. The number of benzene rings is 2. The van der Waals surface area contributed by atoms with Crippen LogP contribution in [0, 0.1) is 5.92 Å². The van der Waals surface area contributed by atoms with Crippen LogP contribution < -0.4 is 4.74 Å². The molecule has 2 heteroatoms. The highest BCUT2D eigenvalue weighted by molar-refractivity contribution is 5.37. The summed E-state index contributed by atoms with van der Waals surface area (Å²) in [6, 6.07) is 18.5. The molecule has 104 valence electrons. The van der Waals surface area contributed by atoms with Crippen molar-refractivity contribution in [2.75, 3.05) is 6.61 Å². The first-order valence-corrected chi connectivity index (χ1v) is 7.10. The predicted molar refractivity (Wildman–Crippen MR) is 79.8 cm³/mol. The number of aliphatic hydroxyl groups is 1. The zero-order valence-corrected chi connectivity index (χ0v) is 11.8. The van der Waals surface area contributed by atoms with Crippen LogP contribution in [0.2, 0.25) is 0 Å². The summed E-state index contributed by atoms with van der Waals surface area (Å²) < 4.78 is 5.78. The predicted octanol–water partition coefficient (Wildman–Crippen LogP) is 3.54. The summed E-state index contributed by atoms with van der Waals surface area (Å²) in [6.45, 7) is 3.09. The van der Waals surface area contributed by atoms with Crippen LogP contribution >= 0.6 is 0 Å². The Labute approximate surface area is 120 Å². The molecule has 0 aromatic heterocycles.